The van der Waals surface area contributed by atoms with E-state index in [2.05, 4.69) is 15.5 Å². The Balaban J connectivity index is 1.49. The molecule has 0 spiro atoms. The van der Waals surface area contributed by atoms with E-state index in [-0.39, 0.29) is 17.9 Å². The summed E-state index contributed by atoms with van der Waals surface area (Å²) in [5.74, 6) is 0.367. The van der Waals surface area contributed by atoms with Crippen LogP contribution in [-0.2, 0) is 9.53 Å². The fourth-order valence-electron chi connectivity index (χ4n) is 3.99. The van der Waals surface area contributed by atoms with E-state index in [4.69, 9.17) is 9.26 Å². The van der Waals surface area contributed by atoms with Crippen LogP contribution in [0, 0.1) is 26.7 Å². The average molecular weight is 457 g/mol. The van der Waals surface area contributed by atoms with Crippen molar-refractivity contribution >= 4 is 38.7 Å². The van der Waals surface area contributed by atoms with Crippen LogP contribution in [0.2, 0.25) is 0 Å². The van der Waals surface area contributed by atoms with Gasteiger partial charge >= 0.3 is 6.09 Å². The molecule has 0 radical (unpaired) electrons. The van der Waals surface area contributed by atoms with Gasteiger partial charge in [-0.2, -0.15) is 0 Å². The minimum atomic E-state index is -0.557. The largest absolute Gasteiger partial charge is 0.444 e. The van der Waals surface area contributed by atoms with Crippen molar-refractivity contribution in [1.82, 2.24) is 15.0 Å². The molecule has 1 atom stereocenters. The van der Waals surface area contributed by atoms with E-state index < -0.39 is 5.60 Å². The lowest BCUT2D eigenvalue weighted by Gasteiger charge is -2.24. The monoisotopic (exact) mass is 456 g/mol. The van der Waals surface area contributed by atoms with Crippen LogP contribution >= 0.6 is 11.3 Å². The molecule has 1 aliphatic heterocycles. The lowest BCUT2D eigenvalue weighted by molar-refractivity contribution is -0.119. The van der Waals surface area contributed by atoms with Crippen molar-refractivity contribution in [3.05, 3.63) is 29.2 Å². The van der Waals surface area contributed by atoms with E-state index in [1.54, 1.807) is 4.90 Å². The molecule has 4 rings (SSSR count). The predicted molar refractivity (Wildman–Crippen MR) is 124 cm³/mol. The quantitative estimate of drug-likeness (QED) is 0.591. The highest BCUT2D eigenvalue weighted by Crippen LogP contribution is 2.37. The van der Waals surface area contributed by atoms with Crippen LogP contribution in [0.4, 0.5) is 9.93 Å². The van der Waals surface area contributed by atoms with E-state index in [1.165, 1.54) is 11.3 Å². The molecular formula is C23H28N4O4S. The summed E-state index contributed by atoms with van der Waals surface area (Å²) in [6.45, 7) is 12.2. The molecule has 9 heteroatoms. The first-order valence-electron chi connectivity index (χ1n) is 10.7. The standard InChI is InChI=1S/C23H28N4O4S/c1-12-16(18-13(2)26-31-14(18)3)7-8-17-19(12)32-21(24-17)25-20(28)15-9-10-27(11-15)22(29)30-23(4,5)6/h7-8,15H,9-11H2,1-6H3,(H,24,25,28). The predicted octanol–water partition coefficient (Wildman–Crippen LogP) is 5.07. The number of carbonyl (C=O) groups excluding carboxylic acids is 2. The number of hydrogen-bond donors (Lipinski definition) is 1. The lowest BCUT2D eigenvalue weighted by atomic mass is 9.99. The number of amides is 2. The Hall–Kier alpha value is -2.94. The molecule has 32 heavy (non-hydrogen) atoms. The third kappa shape index (κ3) is 4.34. The molecule has 2 aromatic heterocycles. The maximum absolute atomic E-state index is 12.8. The molecule has 2 amide bonds. The highest BCUT2D eigenvalue weighted by Gasteiger charge is 2.33. The summed E-state index contributed by atoms with van der Waals surface area (Å²) in [7, 11) is 0. The van der Waals surface area contributed by atoms with Crippen LogP contribution < -0.4 is 5.32 Å². The van der Waals surface area contributed by atoms with Gasteiger partial charge < -0.3 is 19.5 Å². The Morgan fingerprint density at radius 1 is 1.25 bits per heavy atom. The van der Waals surface area contributed by atoms with Gasteiger partial charge in [-0.25, -0.2) is 9.78 Å². The normalized spacial score (nSPS) is 16.6. The van der Waals surface area contributed by atoms with Gasteiger partial charge in [0, 0.05) is 18.7 Å². The van der Waals surface area contributed by atoms with Crippen molar-refractivity contribution in [3.8, 4) is 11.1 Å². The number of benzene rings is 1. The summed E-state index contributed by atoms with van der Waals surface area (Å²) in [6.07, 6.45) is 0.223. The molecule has 1 fully saturated rings. The first-order valence-corrected chi connectivity index (χ1v) is 11.5. The molecule has 170 valence electrons. The summed E-state index contributed by atoms with van der Waals surface area (Å²) < 4.78 is 11.8. The number of carbonyl (C=O) groups is 2. The summed E-state index contributed by atoms with van der Waals surface area (Å²) >= 11 is 1.45. The zero-order valence-electron chi connectivity index (χ0n) is 19.2. The van der Waals surface area contributed by atoms with Crippen molar-refractivity contribution in [2.45, 2.75) is 53.6 Å². The van der Waals surface area contributed by atoms with Gasteiger partial charge in [0.05, 0.1) is 21.8 Å². The van der Waals surface area contributed by atoms with E-state index in [0.29, 0.717) is 24.6 Å². The van der Waals surface area contributed by atoms with Crippen LogP contribution in [0.5, 0.6) is 0 Å². The number of hydrogen-bond acceptors (Lipinski definition) is 7. The summed E-state index contributed by atoms with van der Waals surface area (Å²) in [5.41, 5.74) is 4.25. The zero-order chi connectivity index (χ0) is 23.2. The molecule has 0 bridgehead atoms. The highest BCUT2D eigenvalue weighted by atomic mass is 32.1. The smallest absolute Gasteiger partial charge is 0.410 e. The molecule has 0 aliphatic carbocycles. The summed E-state index contributed by atoms with van der Waals surface area (Å²) in [4.78, 5) is 31.3. The molecule has 1 aliphatic rings. The SMILES string of the molecule is Cc1noc(C)c1-c1ccc2nc(NC(=O)C3CCN(C(=O)OC(C)(C)C)C3)sc2c1C. The lowest BCUT2D eigenvalue weighted by Crippen LogP contribution is -2.36. The van der Waals surface area contributed by atoms with E-state index >= 15 is 0 Å². The van der Waals surface area contributed by atoms with Crippen LogP contribution in [0.15, 0.2) is 16.7 Å². The van der Waals surface area contributed by atoms with Crippen LogP contribution in [0.25, 0.3) is 21.3 Å². The van der Waals surface area contributed by atoms with Crippen LogP contribution in [0.3, 0.4) is 0 Å². The van der Waals surface area contributed by atoms with Gasteiger partial charge in [0.25, 0.3) is 0 Å². The molecule has 8 nitrogen and oxygen atoms in total. The Labute approximate surface area is 190 Å². The number of aromatic nitrogens is 2. The molecule has 3 aromatic rings. The van der Waals surface area contributed by atoms with Gasteiger partial charge in [-0.3, -0.25) is 4.79 Å². The van der Waals surface area contributed by atoms with Crippen LogP contribution in [-0.4, -0.2) is 45.7 Å². The zero-order valence-corrected chi connectivity index (χ0v) is 20.1. The number of nitrogens with one attached hydrogen (secondary N) is 1. The number of fused-ring (bicyclic) bond motifs is 1. The highest BCUT2D eigenvalue weighted by molar-refractivity contribution is 7.22. The van der Waals surface area contributed by atoms with Gasteiger partial charge in [-0.1, -0.05) is 22.6 Å². The topological polar surface area (TPSA) is 97.6 Å². The number of ether oxygens (including phenoxy) is 1. The Morgan fingerprint density at radius 3 is 2.66 bits per heavy atom. The van der Waals surface area contributed by atoms with E-state index in [9.17, 15) is 9.59 Å². The number of rotatable bonds is 3. The first-order chi connectivity index (χ1) is 15.0. The second-order valence-corrected chi connectivity index (χ2v) is 10.2. The molecule has 1 saturated heterocycles. The van der Waals surface area contributed by atoms with Crippen molar-refractivity contribution in [2.24, 2.45) is 5.92 Å². The second-order valence-electron chi connectivity index (χ2n) is 9.21. The molecule has 1 N–H and O–H groups in total. The Kier molecular flexibility index (Phi) is 5.70. The van der Waals surface area contributed by atoms with Gasteiger partial charge in [-0.05, 0) is 65.2 Å². The molecule has 1 aromatic carbocycles. The number of thiazole rings is 1. The van der Waals surface area contributed by atoms with Crippen molar-refractivity contribution < 1.29 is 18.8 Å². The summed E-state index contributed by atoms with van der Waals surface area (Å²) in [6, 6.07) is 3.97. The minimum absolute atomic E-state index is 0.126. The second kappa shape index (κ2) is 8.20. The van der Waals surface area contributed by atoms with Gasteiger partial charge in [-0.15, -0.1) is 0 Å². The van der Waals surface area contributed by atoms with Gasteiger partial charge in [0.15, 0.2) is 5.13 Å². The Bertz CT molecular complexity index is 1170. The molecule has 3 heterocycles. The average Bonchev–Trinajstić information content (AvgIpc) is 3.41. The maximum atomic E-state index is 12.8. The van der Waals surface area contributed by atoms with E-state index in [0.717, 1.165) is 38.4 Å². The third-order valence-electron chi connectivity index (χ3n) is 5.55. The van der Waals surface area contributed by atoms with Gasteiger partial charge in [0.2, 0.25) is 5.91 Å². The molecule has 1 unspecified atom stereocenters. The molecular weight excluding hydrogens is 428 g/mol. The fraction of sp³-hybridized carbons (Fsp3) is 0.478. The number of nitrogens with zero attached hydrogens (tertiary/aromatic N) is 3. The first kappa shape index (κ1) is 22.3. The van der Waals surface area contributed by atoms with Gasteiger partial charge in [0.1, 0.15) is 11.4 Å². The number of aryl methyl sites for hydroxylation is 3. The Morgan fingerprint density at radius 2 is 2.00 bits per heavy atom. The van der Waals surface area contributed by atoms with Crippen LogP contribution in [0.1, 0.15) is 44.2 Å². The minimum Gasteiger partial charge on any atom is -0.444 e. The van der Waals surface area contributed by atoms with Crippen molar-refractivity contribution in [2.75, 3.05) is 18.4 Å². The summed E-state index contributed by atoms with van der Waals surface area (Å²) in [5, 5.41) is 7.56. The number of likely N-dealkylation sites (tertiary alicyclic amines) is 1. The number of anilines is 1. The maximum Gasteiger partial charge on any atom is 0.410 e. The van der Waals surface area contributed by atoms with Crippen molar-refractivity contribution in [3.63, 3.8) is 0 Å². The van der Waals surface area contributed by atoms with Crippen molar-refractivity contribution in [1.29, 1.82) is 0 Å². The van der Waals surface area contributed by atoms with E-state index in [1.807, 2.05) is 53.7 Å². The molecule has 0 saturated carbocycles. The third-order valence-corrected chi connectivity index (χ3v) is 6.66. The fourth-order valence-corrected chi connectivity index (χ4v) is 4.96.